The van der Waals surface area contributed by atoms with Gasteiger partial charge in [-0.1, -0.05) is 63.1 Å². The van der Waals surface area contributed by atoms with Crippen LogP contribution in [0.3, 0.4) is 0 Å². The minimum absolute atomic E-state index is 0.00694. The molecule has 0 saturated carbocycles. The molecular formula is C30H38O3S. The van der Waals surface area contributed by atoms with Crippen molar-refractivity contribution in [3.05, 3.63) is 71.8 Å². The molecular weight excluding hydrogens is 440 g/mol. The third-order valence-corrected chi connectivity index (χ3v) is 7.55. The molecule has 0 fully saturated rings. The number of thiophene rings is 1. The Hall–Kier alpha value is -2.43. The zero-order valence-electron chi connectivity index (χ0n) is 20.6. The van der Waals surface area contributed by atoms with Crippen LogP contribution in [-0.2, 0) is 22.4 Å². The maximum atomic E-state index is 11.2. The molecule has 1 heterocycles. The van der Waals surface area contributed by atoms with E-state index in [1.165, 1.54) is 62.9 Å². The highest BCUT2D eigenvalue weighted by Crippen LogP contribution is 2.36. The number of fused-ring (bicyclic) bond motifs is 1. The minimum Gasteiger partial charge on any atom is -0.462 e. The van der Waals surface area contributed by atoms with E-state index in [0.717, 1.165) is 31.8 Å². The van der Waals surface area contributed by atoms with Gasteiger partial charge in [-0.05, 0) is 78.8 Å². The van der Waals surface area contributed by atoms with E-state index >= 15 is 0 Å². The largest absolute Gasteiger partial charge is 0.462 e. The third kappa shape index (κ3) is 7.54. The second-order valence-electron chi connectivity index (χ2n) is 9.22. The van der Waals surface area contributed by atoms with Gasteiger partial charge < -0.3 is 9.84 Å². The minimum atomic E-state index is -0.430. The average Bonchev–Trinajstić information content (AvgIpc) is 3.26. The van der Waals surface area contributed by atoms with E-state index in [4.69, 9.17) is 4.74 Å². The van der Waals surface area contributed by atoms with Gasteiger partial charge in [0.1, 0.15) is 0 Å². The number of ether oxygens (including phenoxy) is 1. The maximum absolute atomic E-state index is 11.2. The standard InChI is InChI=1S/C30H38O3S/c1-4-6-7-10-23-14-16-27(22(3)17-23)29-19-26-15-13-24(18-28(26)34-29)11-8-9-12-25(20-31)21-33-30(32)5-2/h5,13-19,25,31H,2,4,6-12,20-21H2,1,3H3. The molecule has 0 aliphatic carbocycles. The van der Waals surface area contributed by atoms with Gasteiger partial charge in [0.25, 0.3) is 0 Å². The molecule has 2 aromatic carbocycles. The Morgan fingerprint density at radius 3 is 2.50 bits per heavy atom. The number of rotatable bonds is 14. The van der Waals surface area contributed by atoms with E-state index in [1.807, 2.05) is 11.3 Å². The van der Waals surface area contributed by atoms with Gasteiger partial charge in [0.15, 0.2) is 0 Å². The molecule has 1 aromatic heterocycles. The van der Waals surface area contributed by atoms with E-state index in [0.29, 0.717) is 0 Å². The lowest BCUT2D eigenvalue weighted by Crippen LogP contribution is -2.16. The van der Waals surface area contributed by atoms with E-state index in [1.54, 1.807) is 0 Å². The van der Waals surface area contributed by atoms with Gasteiger partial charge >= 0.3 is 5.97 Å². The normalized spacial score (nSPS) is 12.1. The molecule has 3 rings (SSSR count). The number of aliphatic hydroxyl groups is 1. The molecule has 0 amide bonds. The lowest BCUT2D eigenvalue weighted by Gasteiger charge is -2.13. The topological polar surface area (TPSA) is 46.5 Å². The molecule has 4 heteroatoms. The maximum Gasteiger partial charge on any atom is 0.330 e. The fourth-order valence-corrected chi connectivity index (χ4v) is 5.57. The molecule has 0 saturated heterocycles. The summed E-state index contributed by atoms with van der Waals surface area (Å²) in [6.45, 7) is 8.17. The number of aryl methyl sites for hydroxylation is 3. The molecule has 1 unspecified atom stereocenters. The summed E-state index contributed by atoms with van der Waals surface area (Å²) in [5, 5.41) is 10.8. The van der Waals surface area contributed by atoms with Crippen molar-refractivity contribution in [3.63, 3.8) is 0 Å². The fraction of sp³-hybridized carbons (Fsp3) is 0.433. The van der Waals surface area contributed by atoms with Gasteiger partial charge in [0.05, 0.1) is 6.61 Å². The van der Waals surface area contributed by atoms with Crippen LogP contribution >= 0.6 is 11.3 Å². The lowest BCUT2D eigenvalue weighted by molar-refractivity contribution is -0.139. The molecule has 182 valence electrons. The number of benzene rings is 2. The number of carbonyl (C=O) groups excluding carboxylic acids is 1. The predicted molar refractivity (Wildman–Crippen MR) is 145 cm³/mol. The Labute approximate surface area is 208 Å². The van der Waals surface area contributed by atoms with Gasteiger partial charge in [-0.2, -0.15) is 0 Å². The Morgan fingerprint density at radius 1 is 1.06 bits per heavy atom. The zero-order valence-corrected chi connectivity index (χ0v) is 21.5. The van der Waals surface area contributed by atoms with Crippen LogP contribution in [0.25, 0.3) is 20.5 Å². The Morgan fingerprint density at radius 2 is 1.79 bits per heavy atom. The first-order valence-corrected chi connectivity index (χ1v) is 13.4. The summed E-state index contributed by atoms with van der Waals surface area (Å²) in [6.07, 6.45) is 10.1. The van der Waals surface area contributed by atoms with Crippen LogP contribution in [0.1, 0.15) is 62.1 Å². The Balaban J connectivity index is 1.56. The summed E-state index contributed by atoms with van der Waals surface area (Å²) in [4.78, 5) is 12.5. The number of hydrogen-bond donors (Lipinski definition) is 1. The molecule has 0 radical (unpaired) electrons. The van der Waals surface area contributed by atoms with Gasteiger partial charge in [0, 0.05) is 28.2 Å². The van der Waals surface area contributed by atoms with Crippen molar-refractivity contribution in [1.29, 1.82) is 0 Å². The highest BCUT2D eigenvalue weighted by molar-refractivity contribution is 7.22. The molecule has 0 aliphatic heterocycles. The summed E-state index contributed by atoms with van der Waals surface area (Å²) in [7, 11) is 0. The van der Waals surface area contributed by atoms with Gasteiger partial charge in [0.2, 0.25) is 0 Å². The summed E-state index contributed by atoms with van der Waals surface area (Å²) < 4.78 is 6.40. The van der Waals surface area contributed by atoms with Gasteiger partial charge in [-0.15, -0.1) is 11.3 Å². The average molecular weight is 479 g/mol. The van der Waals surface area contributed by atoms with Gasteiger partial charge in [-0.3, -0.25) is 0 Å². The van der Waals surface area contributed by atoms with Gasteiger partial charge in [-0.25, -0.2) is 4.79 Å². The smallest absolute Gasteiger partial charge is 0.330 e. The van der Waals surface area contributed by atoms with Crippen molar-refractivity contribution in [1.82, 2.24) is 0 Å². The number of carbonyl (C=O) groups is 1. The third-order valence-electron chi connectivity index (χ3n) is 6.42. The first-order chi connectivity index (χ1) is 16.5. The highest BCUT2D eigenvalue weighted by atomic mass is 32.1. The van der Waals surface area contributed by atoms with E-state index in [9.17, 15) is 9.90 Å². The van der Waals surface area contributed by atoms with Crippen molar-refractivity contribution in [2.75, 3.05) is 13.2 Å². The number of hydrogen-bond acceptors (Lipinski definition) is 4. The van der Waals surface area contributed by atoms with E-state index in [-0.39, 0.29) is 19.1 Å². The number of esters is 1. The van der Waals surface area contributed by atoms with Crippen LogP contribution in [0.2, 0.25) is 0 Å². The molecule has 1 N–H and O–H groups in total. The number of aliphatic hydroxyl groups excluding tert-OH is 1. The van der Waals surface area contributed by atoms with Crippen LogP contribution in [-0.4, -0.2) is 24.3 Å². The second kappa shape index (κ2) is 13.5. The van der Waals surface area contributed by atoms with Crippen LogP contribution in [0.15, 0.2) is 55.1 Å². The molecule has 0 bridgehead atoms. The first-order valence-electron chi connectivity index (χ1n) is 12.6. The molecule has 3 aromatic rings. The second-order valence-corrected chi connectivity index (χ2v) is 10.3. The molecule has 0 aliphatic rings. The van der Waals surface area contributed by atoms with Crippen molar-refractivity contribution >= 4 is 27.4 Å². The summed E-state index contributed by atoms with van der Waals surface area (Å²) in [6, 6.07) is 16.1. The van der Waals surface area contributed by atoms with Crippen molar-refractivity contribution < 1.29 is 14.6 Å². The summed E-state index contributed by atoms with van der Waals surface area (Å²) in [5.74, 6) is -0.437. The number of unbranched alkanes of at least 4 members (excludes halogenated alkanes) is 3. The highest BCUT2D eigenvalue weighted by Gasteiger charge is 2.11. The Bertz CT molecular complexity index is 1080. The van der Waals surface area contributed by atoms with Crippen LogP contribution in [0.4, 0.5) is 0 Å². The summed E-state index contributed by atoms with van der Waals surface area (Å²) >= 11 is 1.88. The SMILES string of the molecule is C=CC(=O)OCC(CO)CCCCc1ccc2cc(-c3ccc(CCCCC)cc3C)sc2c1. The lowest BCUT2D eigenvalue weighted by atomic mass is 9.99. The zero-order chi connectivity index (χ0) is 24.3. The van der Waals surface area contributed by atoms with Crippen molar-refractivity contribution in [2.45, 2.75) is 65.2 Å². The molecule has 0 spiro atoms. The fourth-order valence-electron chi connectivity index (χ4n) is 4.35. The molecule has 34 heavy (non-hydrogen) atoms. The van der Waals surface area contributed by atoms with Crippen molar-refractivity contribution in [3.8, 4) is 10.4 Å². The quantitative estimate of drug-likeness (QED) is 0.147. The van der Waals surface area contributed by atoms with Crippen LogP contribution in [0.5, 0.6) is 0 Å². The monoisotopic (exact) mass is 478 g/mol. The van der Waals surface area contributed by atoms with E-state index < -0.39 is 5.97 Å². The van der Waals surface area contributed by atoms with Crippen LogP contribution in [0, 0.1) is 12.8 Å². The molecule has 3 nitrogen and oxygen atoms in total. The first kappa shape index (κ1) is 26.2. The van der Waals surface area contributed by atoms with Crippen LogP contribution < -0.4 is 0 Å². The Kier molecular flexibility index (Phi) is 10.4. The predicted octanol–water partition coefficient (Wildman–Crippen LogP) is 7.66. The van der Waals surface area contributed by atoms with Crippen molar-refractivity contribution in [2.24, 2.45) is 5.92 Å². The summed E-state index contributed by atoms with van der Waals surface area (Å²) in [5.41, 5.74) is 5.50. The van der Waals surface area contributed by atoms with E-state index in [2.05, 4.69) is 62.9 Å². The molecule has 1 atom stereocenters.